The van der Waals surface area contributed by atoms with Crippen LogP contribution in [-0.4, -0.2) is 64.8 Å². The minimum Gasteiger partial charge on any atom is -0.352 e. The van der Waals surface area contributed by atoms with Crippen LogP contribution in [0.1, 0.15) is 27.9 Å². The molecular weight excluding hydrogens is 314 g/mol. The van der Waals surface area contributed by atoms with Gasteiger partial charge in [0, 0.05) is 26.2 Å². The molecule has 7 heteroatoms. The monoisotopic (exact) mass is 341 g/mol. The van der Waals surface area contributed by atoms with Crippen molar-refractivity contribution in [3.8, 4) is 0 Å². The van der Waals surface area contributed by atoms with Crippen molar-refractivity contribution < 1.29 is 13.2 Å². The predicted molar refractivity (Wildman–Crippen MR) is 92.3 cm³/mol. The predicted octanol–water partition coefficient (Wildman–Crippen LogP) is 1.24. The van der Waals surface area contributed by atoms with E-state index in [2.05, 4.69) is 5.32 Å². The molecule has 0 spiro atoms. The van der Waals surface area contributed by atoms with E-state index in [1.165, 1.54) is 20.2 Å². The van der Waals surface area contributed by atoms with Crippen LogP contribution in [-0.2, 0) is 10.0 Å². The molecule has 6 nitrogen and oxygen atoms in total. The Balaban J connectivity index is 3.01. The first-order valence-electron chi connectivity index (χ1n) is 7.54. The normalized spacial score (nSPS) is 12.0. The topological polar surface area (TPSA) is 69.7 Å². The zero-order chi connectivity index (χ0) is 17.8. The largest absolute Gasteiger partial charge is 0.352 e. The molecule has 0 aliphatic carbocycles. The molecular formula is C16H27N3O3S. The number of carbonyl (C=O) groups is 1. The summed E-state index contributed by atoms with van der Waals surface area (Å²) in [6.45, 7) is 5.00. The number of rotatable bonds is 7. The Kier molecular flexibility index (Phi) is 6.73. The highest BCUT2D eigenvalue weighted by molar-refractivity contribution is 7.89. The molecule has 0 aliphatic rings. The second-order valence-electron chi connectivity index (χ2n) is 6.12. The zero-order valence-corrected chi connectivity index (χ0v) is 15.6. The lowest BCUT2D eigenvalue weighted by atomic mass is 10.1. The lowest BCUT2D eigenvalue weighted by molar-refractivity contribution is 0.0952. The van der Waals surface area contributed by atoms with Crippen LogP contribution in [0.3, 0.4) is 0 Å². The summed E-state index contributed by atoms with van der Waals surface area (Å²) in [5, 5.41) is 2.83. The molecule has 0 saturated heterocycles. The Morgan fingerprint density at radius 2 is 1.74 bits per heavy atom. The molecule has 0 aliphatic heterocycles. The number of hydrogen-bond donors (Lipinski definition) is 1. The van der Waals surface area contributed by atoms with Gasteiger partial charge < -0.3 is 10.2 Å². The molecule has 23 heavy (non-hydrogen) atoms. The summed E-state index contributed by atoms with van der Waals surface area (Å²) in [5.41, 5.74) is 1.83. The standard InChI is InChI=1S/C16H27N3O3S/c1-12-10-14(16(20)17-8-7-9-18(3)4)11-15(13(12)2)23(21,22)19(5)6/h10-11H,7-9H2,1-6H3,(H,17,20). The van der Waals surface area contributed by atoms with Gasteiger partial charge in [-0.2, -0.15) is 0 Å². The fraction of sp³-hybridized carbons (Fsp3) is 0.562. The molecule has 0 atom stereocenters. The van der Waals surface area contributed by atoms with E-state index in [9.17, 15) is 13.2 Å². The zero-order valence-electron chi connectivity index (χ0n) is 14.8. The Morgan fingerprint density at radius 1 is 1.13 bits per heavy atom. The van der Waals surface area contributed by atoms with Crippen LogP contribution < -0.4 is 5.32 Å². The molecule has 0 bridgehead atoms. The molecule has 0 aromatic heterocycles. The Hall–Kier alpha value is -1.44. The van der Waals surface area contributed by atoms with Crippen LogP contribution in [0, 0.1) is 13.8 Å². The molecule has 1 aromatic rings. The molecule has 0 saturated carbocycles. The summed E-state index contributed by atoms with van der Waals surface area (Å²) in [7, 11) is 3.34. The molecule has 1 N–H and O–H groups in total. The third-order valence-corrected chi connectivity index (χ3v) is 5.65. The minimum absolute atomic E-state index is 0.181. The first kappa shape index (κ1) is 19.6. The molecule has 0 heterocycles. The fourth-order valence-electron chi connectivity index (χ4n) is 2.12. The van der Waals surface area contributed by atoms with Crippen molar-refractivity contribution in [3.63, 3.8) is 0 Å². The number of nitrogens with zero attached hydrogens (tertiary/aromatic N) is 2. The van der Waals surface area contributed by atoms with Gasteiger partial charge in [-0.15, -0.1) is 0 Å². The van der Waals surface area contributed by atoms with Crippen LogP contribution in [0.4, 0.5) is 0 Å². The van der Waals surface area contributed by atoms with Gasteiger partial charge in [-0.25, -0.2) is 12.7 Å². The van der Waals surface area contributed by atoms with E-state index in [4.69, 9.17) is 0 Å². The van der Waals surface area contributed by atoms with Gasteiger partial charge in [-0.3, -0.25) is 4.79 Å². The highest BCUT2D eigenvalue weighted by Gasteiger charge is 2.22. The van der Waals surface area contributed by atoms with Crippen molar-refractivity contribution in [3.05, 3.63) is 28.8 Å². The van der Waals surface area contributed by atoms with E-state index < -0.39 is 10.0 Å². The number of benzene rings is 1. The second kappa shape index (κ2) is 7.90. The van der Waals surface area contributed by atoms with E-state index in [0.29, 0.717) is 17.7 Å². The maximum Gasteiger partial charge on any atom is 0.251 e. The van der Waals surface area contributed by atoms with Crippen LogP contribution >= 0.6 is 0 Å². The first-order chi connectivity index (χ1) is 10.6. The van der Waals surface area contributed by atoms with E-state index in [0.717, 1.165) is 22.8 Å². The average molecular weight is 341 g/mol. The van der Waals surface area contributed by atoms with Gasteiger partial charge in [-0.1, -0.05) is 0 Å². The lowest BCUT2D eigenvalue weighted by Gasteiger charge is -2.16. The van der Waals surface area contributed by atoms with Crippen molar-refractivity contribution in [2.75, 3.05) is 41.3 Å². The fourth-order valence-corrected chi connectivity index (χ4v) is 3.34. The number of amides is 1. The molecule has 0 radical (unpaired) electrons. The van der Waals surface area contributed by atoms with Gasteiger partial charge in [0.05, 0.1) is 4.90 Å². The van der Waals surface area contributed by atoms with E-state index in [1.807, 2.05) is 25.9 Å². The molecule has 1 rings (SSSR count). The van der Waals surface area contributed by atoms with Crippen molar-refractivity contribution in [1.29, 1.82) is 0 Å². The minimum atomic E-state index is -3.58. The number of carbonyl (C=O) groups excluding carboxylic acids is 1. The van der Waals surface area contributed by atoms with Gasteiger partial charge in [0.25, 0.3) is 5.91 Å². The lowest BCUT2D eigenvalue weighted by Crippen LogP contribution is -2.28. The van der Waals surface area contributed by atoms with Crippen LogP contribution in [0.25, 0.3) is 0 Å². The molecule has 0 fully saturated rings. The molecule has 1 aromatic carbocycles. The Morgan fingerprint density at radius 3 is 2.26 bits per heavy atom. The smallest absolute Gasteiger partial charge is 0.251 e. The van der Waals surface area contributed by atoms with E-state index >= 15 is 0 Å². The maximum absolute atomic E-state index is 12.4. The van der Waals surface area contributed by atoms with Gasteiger partial charge in [-0.05, 0) is 64.2 Å². The summed E-state index contributed by atoms with van der Waals surface area (Å²) >= 11 is 0. The first-order valence-corrected chi connectivity index (χ1v) is 8.98. The van der Waals surface area contributed by atoms with Gasteiger partial charge in [0.1, 0.15) is 0 Å². The number of nitrogens with one attached hydrogen (secondary N) is 1. The van der Waals surface area contributed by atoms with Crippen molar-refractivity contribution in [2.45, 2.75) is 25.2 Å². The van der Waals surface area contributed by atoms with E-state index in [1.54, 1.807) is 13.0 Å². The molecule has 0 unspecified atom stereocenters. The summed E-state index contributed by atoms with van der Waals surface area (Å²) in [6.07, 6.45) is 0.840. The van der Waals surface area contributed by atoms with Gasteiger partial charge in [0.2, 0.25) is 10.0 Å². The van der Waals surface area contributed by atoms with Crippen LogP contribution in [0.15, 0.2) is 17.0 Å². The van der Waals surface area contributed by atoms with Crippen LogP contribution in [0.2, 0.25) is 0 Å². The summed E-state index contributed by atoms with van der Waals surface area (Å²) in [6, 6.07) is 3.18. The number of aryl methyl sites for hydroxylation is 1. The van der Waals surface area contributed by atoms with Gasteiger partial charge >= 0.3 is 0 Å². The van der Waals surface area contributed by atoms with Crippen molar-refractivity contribution in [1.82, 2.24) is 14.5 Å². The molecule has 130 valence electrons. The highest BCUT2D eigenvalue weighted by atomic mass is 32.2. The summed E-state index contributed by atoms with van der Waals surface area (Å²) < 4.78 is 26.0. The van der Waals surface area contributed by atoms with Gasteiger partial charge in [0.15, 0.2) is 0 Å². The quantitative estimate of drug-likeness (QED) is 0.758. The maximum atomic E-state index is 12.4. The summed E-state index contributed by atoms with van der Waals surface area (Å²) in [4.78, 5) is 14.5. The molecule has 1 amide bonds. The number of sulfonamides is 1. The third-order valence-electron chi connectivity index (χ3n) is 3.71. The van der Waals surface area contributed by atoms with Crippen LogP contribution in [0.5, 0.6) is 0 Å². The number of hydrogen-bond acceptors (Lipinski definition) is 4. The van der Waals surface area contributed by atoms with E-state index in [-0.39, 0.29) is 10.8 Å². The average Bonchev–Trinajstić information content (AvgIpc) is 2.45. The Labute approximate surface area is 139 Å². The van der Waals surface area contributed by atoms with Crippen molar-refractivity contribution >= 4 is 15.9 Å². The second-order valence-corrected chi connectivity index (χ2v) is 8.24. The SMILES string of the molecule is Cc1cc(C(=O)NCCCN(C)C)cc(S(=O)(=O)N(C)C)c1C. The van der Waals surface area contributed by atoms with Crippen molar-refractivity contribution in [2.24, 2.45) is 0 Å². The highest BCUT2D eigenvalue weighted by Crippen LogP contribution is 2.23. The Bertz CT molecular complexity index is 667. The third kappa shape index (κ3) is 5.02. The summed E-state index contributed by atoms with van der Waals surface area (Å²) in [5.74, 6) is -0.248.